The second-order valence-corrected chi connectivity index (χ2v) is 5.25. The normalized spacial score (nSPS) is 27.3. The highest BCUT2D eigenvalue weighted by Gasteiger charge is 2.47. The fourth-order valence-corrected chi connectivity index (χ4v) is 2.20. The van der Waals surface area contributed by atoms with Crippen molar-refractivity contribution < 1.29 is 14.4 Å². The molecular formula is C12H19N3O3. The molecule has 0 aromatic heterocycles. The Bertz CT molecular complexity index is 392. The van der Waals surface area contributed by atoms with Gasteiger partial charge in [0.05, 0.1) is 0 Å². The number of hydrogen-bond donors (Lipinski definition) is 2. The fourth-order valence-electron chi connectivity index (χ4n) is 2.20. The third-order valence-corrected chi connectivity index (χ3v) is 3.34. The molecule has 0 radical (unpaired) electrons. The van der Waals surface area contributed by atoms with Gasteiger partial charge in [0, 0.05) is 6.04 Å². The van der Waals surface area contributed by atoms with E-state index in [1.165, 1.54) is 0 Å². The number of nitrogens with one attached hydrogen (secondary N) is 2. The standard InChI is InChI=1S/C12H19N3O3/c1-3-6-12(2)10(17)15(11(18)14-12)7-9(16)13-8-4-5-8/h8H,3-7H2,1-2H3,(H,13,16)(H,14,18)/t12-/m1/s1. The van der Waals surface area contributed by atoms with Crippen molar-refractivity contribution in [2.45, 2.75) is 51.1 Å². The molecule has 1 aliphatic carbocycles. The molecule has 6 heteroatoms. The molecule has 0 spiro atoms. The number of imide groups is 1. The molecule has 1 heterocycles. The van der Waals surface area contributed by atoms with Gasteiger partial charge in [0.2, 0.25) is 5.91 Å². The molecule has 6 nitrogen and oxygen atoms in total. The summed E-state index contributed by atoms with van der Waals surface area (Å²) in [6.07, 6.45) is 3.35. The maximum Gasteiger partial charge on any atom is 0.325 e. The topological polar surface area (TPSA) is 78.5 Å². The van der Waals surface area contributed by atoms with Crippen LogP contribution in [0.25, 0.3) is 0 Å². The number of nitrogens with zero attached hydrogens (tertiary/aromatic N) is 1. The van der Waals surface area contributed by atoms with E-state index in [1.54, 1.807) is 6.92 Å². The minimum absolute atomic E-state index is 0.180. The molecule has 1 atom stereocenters. The molecule has 1 aliphatic heterocycles. The van der Waals surface area contributed by atoms with E-state index in [0.29, 0.717) is 6.42 Å². The van der Waals surface area contributed by atoms with Gasteiger partial charge in [-0.15, -0.1) is 0 Å². The average Bonchev–Trinajstić information content (AvgIpc) is 3.05. The molecule has 1 saturated carbocycles. The maximum atomic E-state index is 12.1. The molecule has 0 aromatic rings. The predicted octanol–water partition coefficient (Wildman–Crippen LogP) is 0.376. The Labute approximate surface area is 106 Å². The monoisotopic (exact) mass is 253 g/mol. The molecule has 2 aliphatic rings. The highest BCUT2D eigenvalue weighted by molar-refractivity contribution is 6.08. The van der Waals surface area contributed by atoms with Gasteiger partial charge >= 0.3 is 6.03 Å². The molecule has 2 rings (SSSR count). The van der Waals surface area contributed by atoms with E-state index in [1.807, 2.05) is 6.92 Å². The van der Waals surface area contributed by atoms with E-state index >= 15 is 0 Å². The first kappa shape index (κ1) is 12.9. The lowest BCUT2D eigenvalue weighted by Crippen LogP contribution is -2.45. The van der Waals surface area contributed by atoms with Crippen molar-refractivity contribution in [3.8, 4) is 0 Å². The number of carbonyl (C=O) groups excluding carboxylic acids is 3. The zero-order valence-corrected chi connectivity index (χ0v) is 10.8. The number of hydrogen-bond acceptors (Lipinski definition) is 3. The molecule has 2 fully saturated rings. The highest BCUT2D eigenvalue weighted by atomic mass is 16.2. The van der Waals surface area contributed by atoms with Crippen molar-refractivity contribution in [3.05, 3.63) is 0 Å². The Morgan fingerprint density at radius 1 is 1.50 bits per heavy atom. The summed E-state index contributed by atoms with van der Waals surface area (Å²) in [6.45, 7) is 3.48. The molecule has 2 N–H and O–H groups in total. The first-order valence-electron chi connectivity index (χ1n) is 6.40. The van der Waals surface area contributed by atoms with E-state index in [9.17, 15) is 14.4 Å². The molecule has 0 aromatic carbocycles. The van der Waals surface area contributed by atoms with E-state index in [0.717, 1.165) is 24.2 Å². The van der Waals surface area contributed by atoms with Crippen LogP contribution in [-0.2, 0) is 9.59 Å². The smallest absolute Gasteiger partial charge is 0.325 e. The average molecular weight is 253 g/mol. The first-order chi connectivity index (χ1) is 8.46. The van der Waals surface area contributed by atoms with Gasteiger partial charge in [-0.1, -0.05) is 13.3 Å². The van der Waals surface area contributed by atoms with Gasteiger partial charge in [-0.2, -0.15) is 0 Å². The number of amides is 4. The number of carbonyl (C=O) groups is 3. The van der Waals surface area contributed by atoms with Crippen LogP contribution in [0.1, 0.15) is 39.5 Å². The highest BCUT2D eigenvalue weighted by Crippen LogP contribution is 2.23. The van der Waals surface area contributed by atoms with Crippen LogP contribution in [0.4, 0.5) is 4.79 Å². The van der Waals surface area contributed by atoms with Gasteiger partial charge in [-0.3, -0.25) is 14.5 Å². The molecule has 4 amide bonds. The molecule has 1 saturated heterocycles. The van der Waals surface area contributed by atoms with Gasteiger partial charge in [-0.05, 0) is 26.2 Å². The van der Waals surface area contributed by atoms with E-state index < -0.39 is 11.6 Å². The van der Waals surface area contributed by atoms with Crippen LogP contribution < -0.4 is 10.6 Å². The second-order valence-electron chi connectivity index (χ2n) is 5.25. The van der Waals surface area contributed by atoms with Crippen LogP contribution in [0, 0.1) is 0 Å². The minimum atomic E-state index is -0.855. The summed E-state index contributed by atoms with van der Waals surface area (Å²) in [6, 6.07) is -0.234. The summed E-state index contributed by atoms with van der Waals surface area (Å²) in [5.74, 6) is -0.568. The van der Waals surface area contributed by atoms with Crippen molar-refractivity contribution in [3.63, 3.8) is 0 Å². The summed E-state index contributed by atoms with van der Waals surface area (Å²) < 4.78 is 0. The van der Waals surface area contributed by atoms with Crippen molar-refractivity contribution in [1.29, 1.82) is 0 Å². The lowest BCUT2D eigenvalue weighted by Gasteiger charge is -2.20. The van der Waals surface area contributed by atoms with Crippen LogP contribution >= 0.6 is 0 Å². The Morgan fingerprint density at radius 2 is 2.17 bits per heavy atom. The summed E-state index contributed by atoms with van der Waals surface area (Å²) in [7, 11) is 0. The third-order valence-electron chi connectivity index (χ3n) is 3.34. The minimum Gasteiger partial charge on any atom is -0.352 e. The van der Waals surface area contributed by atoms with Crippen molar-refractivity contribution >= 4 is 17.8 Å². The van der Waals surface area contributed by atoms with Crippen LogP contribution in [0.5, 0.6) is 0 Å². The zero-order chi connectivity index (χ0) is 13.3. The summed E-state index contributed by atoms with van der Waals surface area (Å²) >= 11 is 0. The van der Waals surface area contributed by atoms with Crippen LogP contribution in [0.15, 0.2) is 0 Å². The Balaban J connectivity index is 1.97. The summed E-state index contributed by atoms with van der Waals surface area (Å²) in [5, 5.41) is 5.43. The predicted molar refractivity (Wildman–Crippen MR) is 64.7 cm³/mol. The fraction of sp³-hybridized carbons (Fsp3) is 0.750. The quantitative estimate of drug-likeness (QED) is 0.695. The first-order valence-corrected chi connectivity index (χ1v) is 6.40. The zero-order valence-electron chi connectivity index (χ0n) is 10.8. The molecular weight excluding hydrogens is 234 g/mol. The molecule has 0 unspecified atom stereocenters. The van der Waals surface area contributed by atoms with Crippen LogP contribution in [-0.4, -0.2) is 40.9 Å². The van der Waals surface area contributed by atoms with Gasteiger partial charge in [-0.25, -0.2) is 4.79 Å². The van der Waals surface area contributed by atoms with Crippen LogP contribution in [0.3, 0.4) is 0 Å². The van der Waals surface area contributed by atoms with E-state index in [4.69, 9.17) is 0 Å². The van der Waals surface area contributed by atoms with Gasteiger partial charge in [0.25, 0.3) is 5.91 Å². The molecule has 100 valence electrons. The second kappa shape index (κ2) is 4.59. The van der Waals surface area contributed by atoms with Crippen LogP contribution in [0.2, 0.25) is 0 Å². The largest absolute Gasteiger partial charge is 0.352 e. The van der Waals surface area contributed by atoms with Crippen molar-refractivity contribution in [2.24, 2.45) is 0 Å². The van der Waals surface area contributed by atoms with Gasteiger partial charge in [0.15, 0.2) is 0 Å². The van der Waals surface area contributed by atoms with Crippen molar-refractivity contribution in [1.82, 2.24) is 15.5 Å². The summed E-state index contributed by atoms with van der Waals surface area (Å²) in [4.78, 5) is 36.5. The summed E-state index contributed by atoms with van der Waals surface area (Å²) in [5.41, 5.74) is -0.855. The van der Waals surface area contributed by atoms with E-state index in [2.05, 4.69) is 10.6 Å². The Hall–Kier alpha value is -1.59. The Morgan fingerprint density at radius 3 is 2.72 bits per heavy atom. The molecule has 18 heavy (non-hydrogen) atoms. The van der Waals surface area contributed by atoms with Crippen molar-refractivity contribution in [2.75, 3.05) is 6.54 Å². The number of urea groups is 1. The number of rotatable bonds is 5. The van der Waals surface area contributed by atoms with E-state index in [-0.39, 0.29) is 24.4 Å². The van der Waals surface area contributed by atoms with Gasteiger partial charge in [0.1, 0.15) is 12.1 Å². The third kappa shape index (κ3) is 2.47. The Kier molecular flexibility index (Phi) is 3.28. The SMILES string of the molecule is CCC[C@@]1(C)NC(=O)N(CC(=O)NC2CC2)C1=O. The maximum absolute atomic E-state index is 12.1. The lowest BCUT2D eigenvalue weighted by atomic mass is 9.96. The van der Waals surface area contributed by atoms with Gasteiger partial charge < -0.3 is 10.6 Å². The lowest BCUT2D eigenvalue weighted by molar-refractivity contribution is -0.134. The molecule has 0 bridgehead atoms.